The zero-order valence-corrected chi connectivity index (χ0v) is 14.8. The quantitative estimate of drug-likeness (QED) is 0.357. The summed E-state index contributed by atoms with van der Waals surface area (Å²) in [6, 6.07) is 0. The first-order valence-electron chi connectivity index (χ1n) is 5.65. The Morgan fingerprint density at radius 1 is 1.35 bits per heavy atom. The Labute approximate surface area is 128 Å². The lowest BCUT2D eigenvalue weighted by Gasteiger charge is -2.35. The topological polar surface area (TPSA) is 26.3 Å². The van der Waals surface area contributed by atoms with Crippen LogP contribution in [0.25, 0.3) is 0 Å². The molecule has 0 N–H and O–H groups in total. The molecule has 0 radical (unpaired) electrons. The summed E-state index contributed by atoms with van der Waals surface area (Å²) in [7, 11) is 0. The van der Waals surface area contributed by atoms with Crippen molar-refractivity contribution < 1.29 is 9.53 Å². The third kappa shape index (κ3) is 4.67. The van der Waals surface area contributed by atoms with E-state index < -0.39 is 2.14 Å². The predicted octanol–water partition coefficient (Wildman–Crippen LogP) is 4.75. The van der Waals surface area contributed by atoms with Crippen LogP contribution >= 0.6 is 47.8 Å². The first-order chi connectivity index (χ1) is 7.71. The Hall–Kier alpha value is 0.650. The lowest BCUT2D eigenvalue weighted by atomic mass is 9.78. The number of ether oxygens (including phenoxy) is 1. The number of esters is 1. The SMILES string of the molecule is C=C(C)C1CCC(C)CC1OC(=O)C(Br)(Br)Br. The van der Waals surface area contributed by atoms with Gasteiger partial charge in [0.2, 0.25) is 2.14 Å². The molecule has 0 heterocycles. The van der Waals surface area contributed by atoms with Crippen molar-refractivity contribution in [2.75, 3.05) is 0 Å². The van der Waals surface area contributed by atoms with Crippen LogP contribution in [-0.2, 0) is 9.53 Å². The highest BCUT2D eigenvalue weighted by Gasteiger charge is 2.37. The van der Waals surface area contributed by atoms with E-state index in [1.165, 1.54) is 6.42 Å². The van der Waals surface area contributed by atoms with Crippen LogP contribution in [0.2, 0.25) is 0 Å². The molecule has 0 saturated heterocycles. The minimum atomic E-state index is -0.979. The molecular formula is C12H17Br3O2. The molecular weight excluding hydrogens is 416 g/mol. The summed E-state index contributed by atoms with van der Waals surface area (Å²) in [6.07, 6.45) is 3.07. The van der Waals surface area contributed by atoms with Crippen molar-refractivity contribution in [3.8, 4) is 0 Å². The third-order valence-electron chi connectivity index (χ3n) is 3.18. The fourth-order valence-electron chi connectivity index (χ4n) is 2.23. The lowest BCUT2D eigenvalue weighted by molar-refractivity contribution is -0.151. The highest BCUT2D eigenvalue weighted by atomic mass is 80.0. The van der Waals surface area contributed by atoms with Gasteiger partial charge in [-0.05, 0) is 79.9 Å². The van der Waals surface area contributed by atoms with Gasteiger partial charge in [0.25, 0.3) is 0 Å². The summed E-state index contributed by atoms with van der Waals surface area (Å²) in [5.74, 6) is 0.534. The van der Waals surface area contributed by atoms with E-state index in [0.29, 0.717) is 5.92 Å². The molecule has 2 nitrogen and oxygen atoms in total. The van der Waals surface area contributed by atoms with Crippen LogP contribution < -0.4 is 0 Å². The minimum absolute atomic E-state index is 0.0595. The Morgan fingerprint density at radius 3 is 2.41 bits per heavy atom. The molecule has 1 saturated carbocycles. The molecule has 1 aliphatic rings. The molecule has 0 aromatic heterocycles. The summed E-state index contributed by atoms with van der Waals surface area (Å²) in [5, 5.41) is 0. The van der Waals surface area contributed by atoms with Crippen LogP contribution in [-0.4, -0.2) is 14.2 Å². The summed E-state index contributed by atoms with van der Waals surface area (Å²) in [5.41, 5.74) is 1.10. The zero-order chi connectivity index (χ0) is 13.2. The predicted molar refractivity (Wildman–Crippen MR) is 80.7 cm³/mol. The molecule has 5 heteroatoms. The van der Waals surface area contributed by atoms with E-state index in [0.717, 1.165) is 18.4 Å². The van der Waals surface area contributed by atoms with Gasteiger partial charge in [-0.15, -0.1) is 0 Å². The van der Waals surface area contributed by atoms with Crippen molar-refractivity contribution in [2.24, 2.45) is 11.8 Å². The number of hydrogen-bond donors (Lipinski definition) is 0. The van der Waals surface area contributed by atoms with E-state index >= 15 is 0 Å². The Bertz CT molecular complexity index is 309. The molecule has 0 aromatic rings. The van der Waals surface area contributed by atoms with Gasteiger partial charge in [-0.1, -0.05) is 19.1 Å². The molecule has 3 atom stereocenters. The second kappa shape index (κ2) is 6.20. The molecule has 3 unspecified atom stereocenters. The number of alkyl halides is 3. The first-order valence-corrected chi connectivity index (χ1v) is 8.03. The zero-order valence-electron chi connectivity index (χ0n) is 10.0. The van der Waals surface area contributed by atoms with Crippen LogP contribution in [0.3, 0.4) is 0 Å². The average molecular weight is 433 g/mol. The summed E-state index contributed by atoms with van der Waals surface area (Å²) in [6.45, 7) is 8.20. The van der Waals surface area contributed by atoms with Crippen LogP contribution in [0.4, 0.5) is 0 Å². The number of rotatable bonds is 2. The highest BCUT2D eigenvalue weighted by Crippen LogP contribution is 2.39. The van der Waals surface area contributed by atoms with Crippen molar-refractivity contribution in [2.45, 2.75) is 41.4 Å². The maximum atomic E-state index is 11.8. The molecule has 0 aliphatic heterocycles. The van der Waals surface area contributed by atoms with E-state index in [4.69, 9.17) is 4.74 Å². The van der Waals surface area contributed by atoms with Gasteiger partial charge in [0.15, 0.2) is 0 Å². The van der Waals surface area contributed by atoms with Gasteiger partial charge in [0.05, 0.1) is 0 Å². The number of carbonyl (C=O) groups is 1. The van der Waals surface area contributed by atoms with Crippen molar-refractivity contribution in [1.82, 2.24) is 0 Å². The average Bonchev–Trinajstić information content (AvgIpc) is 2.15. The van der Waals surface area contributed by atoms with Crippen molar-refractivity contribution >= 4 is 53.8 Å². The van der Waals surface area contributed by atoms with E-state index in [9.17, 15) is 4.79 Å². The molecule has 17 heavy (non-hydrogen) atoms. The maximum Gasteiger partial charge on any atom is 0.345 e. The second-order valence-corrected chi connectivity index (χ2v) is 11.6. The molecule has 0 spiro atoms. The van der Waals surface area contributed by atoms with Crippen LogP contribution in [0.15, 0.2) is 12.2 Å². The smallest absolute Gasteiger partial charge is 0.345 e. The van der Waals surface area contributed by atoms with Crippen LogP contribution in [0.5, 0.6) is 0 Å². The van der Waals surface area contributed by atoms with Gasteiger partial charge >= 0.3 is 5.97 Å². The largest absolute Gasteiger partial charge is 0.459 e. The minimum Gasteiger partial charge on any atom is -0.459 e. The molecule has 0 amide bonds. The lowest BCUT2D eigenvalue weighted by Crippen LogP contribution is -2.36. The molecule has 1 fully saturated rings. The Morgan fingerprint density at radius 2 is 1.94 bits per heavy atom. The van der Waals surface area contributed by atoms with E-state index in [-0.39, 0.29) is 18.0 Å². The number of halogens is 3. The van der Waals surface area contributed by atoms with Gasteiger partial charge < -0.3 is 4.74 Å². The maximum absolute atomic E-state index is 11.8. The fourth-order valence-corrected chi connectivity index (χ4v) is 2.51. The number of carbonyl (C=O) groups excluding carboxylic acids is 1. The van der Waals surface area contributed by atoms with Crippen molar-refractivity contribution in [3.05, 3.63) is 12.2 Å². The fraction of sp³-hybridized carbons (Fsp3) is 0.750. The normalized spacial score (nSPS) is 29.8. The highest BCUT2D eigenvalue weighted by molar-refractivity contribution is 9.40. The molecule has 1 rings (SSSR count). The Kier molecular flexibility index (Phi) is 5.73. The standard InChI is InChI=1S/C12H17Br3O2/c1-7(2)9-5-4-8(3)6-10(9)17-11(16)12(13,14)15/h8-10H,1,4-6H2,2-3H3. The van der Waals surface area contributed by atoms with Crippen molar-refractivity contribution in [3.63, 3.8) is 0 Å². The van der Waals surface area contributed by atoms with E-state index in [2.05, 4.69) is 61.3 Å². The monoisotopic (exact) mass is 430 g/mol. The van der Waals surface area contributed by atoms with Gasteiger partial charge in [-0.3, -0.25) is 0 Å². The van der Waals surface area contributed by atoms with Gasteiger partial charge in [-0.25, -0.2) is 4.79 Å². The summed E-state index contributed by atoms with van der Waals surface area (Å²) < 4.78 is 4.58. The van der Waals surface area contributed by atoms with E-state index in [1.807, 2.05) is 6.92 Å². The molecule has 0 bridgehead atoms. The third-order valence-corrected chi connectivity index (χ3v) is 4.15. The number of hydrogen-bond acceptors (Lipinski definition) is 2. The van der Waals surface area contributed by atoms with E-state index in [1.54, 1.807) is 0 Å². The summed E-state index contributed by atoms with van der Waals surface area (Å²) in [4.78, 5) is 11.8. The Balaban J connectivity index is 2.71. The second-order valence-electron chi connectivity index (χ2n) is 4.81. The first kappa shape index (κ1) is 15.7. The summed E-state index contributed by atoms with van der Waals surface area (Å²) >= 11 is 9.54. The van der Waals surface area contributed by atoms with Crippen molar-refractivity contribution in [1.29, 1.82) is 0 Å². The van der Waals surface area contributed by atoms with Crippen LogP contribution in [0.1, 0.15) is 33.1 Å². The van der Waals surface area contributed by atoms with Gasteiger partial charge in [-0.2, -0.15) is 0 Å². The van der Waals surface area contributed by atoms with Gasteiger partial charge in [0, 0.05) is 5.92 Å². The molecule has 1 aliphatic carbocycles. The van der Waals surface area contributed by atoms with Gasteiger partial charge in [0.1, 0.15) is 6.10 Å². The molecule has 0 aromatic carbocycles. The van der Waals surface area contributed by atoms with Crippen LogP contribution in [0, 0.1) is 11.8 Å². The molecule has 98 valence electrons.